The normalized spacial score (nSPS) is 24.7. The molecule has 0 radical (unpaired) electrons. The van der Waals surface area contributed by atoms with Crippen molar-refractivity contribution in [2.45, 2.75) is 45.7 Å². The number of hydrogen-bond acceptors (Lipinski definition) is 2. The van der Waals surface area contributed by atoms with E-state index in [0.717, 1.165) is 5.56 Å². The summed E-state index contributed by atoms with van der Waals surface area (Å²) in [5.74, 6) is 0.542. The molecular weight excluding hydrogens is 238 g/mol. The summed E-state index contributed by atoms with van der Waals surface area (Å²) in [4.78, 5) is 16.7. The van der Waals surface area contributed by atoms with Gasteiger partial charge in [-0.2, -0.15) is 0 Å². The van der Waals surface area contributed by atoms with E-state index in [-0.39, 0.29) is 11.9 Å². The van der Waals surface area contributed by atoms with Gasteiger partial charge in [-0.15, -0.1) is 0 Å². The van der Waals surface area contributed by atoms with Crippen LogP contribution in [0.25, 0.3) is 0 Å². The molecule has 0 saturated carbocycles. The average Bonchev–Trinajstić information content (AvgIpc) is 2.66. The summed E-state index contributed by atoms with van der Waals surface area (Å²) >= 11 is 0. The second-order valence-corrected chi connectivity index (χ2v) is 5.28. The Morgan fingerprint density at radius 3 is 2.42 bits per heavy atom. The predicted molar refractivity (Wildman–Crippen MR) is 77.0 cm³/mol. The van der Waals surface area contributed by atoms with Crippen molar-refractivity contribution in [3.05, 3.63) is 35.4 Å². The lowest BCUT2D eigenvalue weighted by molar-refractivity contribution is -0.124. The molecule has 2 rings (SSSR count). The van der Waals surface area contributed by atoms with Gasteiger partial charge < -0.3 is 5.32 Å². The first-order valence-corrected chi connectivity index (χ1v) is 6.72. The van der Waals surface area contributed by atoms with E-state index in [2.05, 4.69) is 15.6 Å². The third-order valence-electron chi connectivity index (χ3n) is 3.41. The number of guanidine groups is 1. The summed E-state index contributed by atoms with van der Waals surface area (Å²) in [5, 5.41) is 6.10. The van der Waals surface area contributed by atoms with Crippen molar-refractivity contribution in [1.29, 1.82) is 0 Å². The Morgan fingerprint density at radius 1 is 1.26 bits per heavy atom. The van der Waals surface area contributed by atoms with Crippen molar-refractivity contribution in [1.82, 2.24) is 10.6 Å². The summed E-state index contributed by atoms with van der Waals surface area (Å²) in [7, 11) is 0. The van der Waals surface area contributed by atoms with Gasteiger partial charge in [-0.1, -0.05) is 36.8 Å². The predicted octanol–water partition coefficient (Wildman–Crippen LogP) is 2.08. The van der Waals surface area contributed by atoms with Gasteiger partial charge in [-0.05, 0) is 32.8 Å². The number of amides is 1. The lowest BCUT2D eigenvalue weighted by atomic mass is 9.87. The number of nitrogens with one attached hydrogen (secondary N) is 2. The van der Waals surface area contributed by atoms with Crippen LogP contribution in [-0.2, 0) is 10.3 Å². The lowest BCUT2D eigenvalue weighted by Crippen LogP contribution is -2.43. The molecule has 1 saturated heterocycles. The number of aliphatic imine (C=N–C) groups is 1. The van der Waals surface area contributed by atoms with E-state index in [1.165, 1.54) is 5.56 Å². The van der Waals surface area contributed by atoms with Crippen LogP contribution < -0.4 is 10.6 Å². The molecule has 0 aromatic heterocycles. The standard InChI is InChI=1S/C15H21N3O/c1-5-15(12-8-6-11(4)7-9-12)13(19)17-14(18-15)16-10(2)3/h6-10H,5H2,1-4H3,(H2,16,17,18,19). The van der Waals surface area contributed by atoms with E-state index in [1.807, 2.05) is 52.0 Å². The van der Waals surface area contributed by atoms with Crippen molar-refractivity contribution < 1.29 is 4.79 Å². The van der Waals surface area contributed by atoms with Gasteiger partial charge in [0.2, 0.25) is 0 Å². The number of hydrogen-bond donors (Lipinski definition) is 2. The van der Waals surface area contributed by atoms with Crippen molar-refractivity contribution in [2.24, 2.45) is 4.99 Å². The van der Waals surface area contributed by atoms with Crippen LogP contribution in [0.2, 0.25) is 0 Å². The quantitative estimate of drug-likeness (QED) is 0.873. The van der Waals surface area contributed by atoms with Crippen molar-refractivity contribution in [2.75, 3.05) is 0 Å². The minimum Gasteiger partial charge on any atom is -0.338 e. The highest BCUT2D eigenvalue weighted by Crippen LogP contribution is 2.28. The SMILES string of the molecule is CCC1(c2ccc(C)cc2)NC(=NC(C)C)NC1=O. The smallest absolute Gasteiger partial charge is 0.257 e. The van der Waals surface area contributed by atoms with Gasteiger partial charge in [0, 0.05) is 6.04 Å². The maximum absolute atomic E-state index is 12.4. The molecule has 2 N–H and O–H groups in total. The summed E-state index contributed by atoms with van der Waals surface area (Å²) in [6.45, 7) is 8.01. The third-order valence-corrected chi connectivity index (χ3v) is 3.41. The van der Waals surface area contributed by atoms with E-state index in [1.54, 1.807) is 0 Å². The van der Waals surface area contributed by atoms with E-state index in [9.17, 15) is 4.79 Å². The molecule has 1 amide bonds. The molecule has 1 aromatic carbocycles. The summed E-state index contributed by atoms with van der Waals surface area (Å²) in [6, 6.07) is 8.21. The third kappa shape index (κ3) is 2.48. The Kier molecular flexibility index (Phi) is 3.60. The molecule has 102 valence electrons. The Bertz CT molecular complexity index is 505. The summed E-state index contributed by atoms with van der Waals surface area (Å²) in [5.41, 5.74) is 1.47. The number of carbonyl (C=O) groups excluding carboxylic acids is 1. The van der Waals surface area contributed by atoms with Gasteiger partial charge in [0.05, 0.1) is 0 Å². The molecule has 1 aromatic rings. The van der Waals surface area contributed by atoms with Crippen LogP contribution in [0.15, 0.2) is 29.3 Å². The van der Waals surface area contributed by atoms with Gasteiger partial charge >= 0.3 is 0 Å². The van der Waals surface area contributed by atoms with E-state index in [4.69, 9.17) is 0 Å². The van der Waals surface area contributed by atoms with Crippen LogP contribution in [0, 0.1) is 6.92 Å². The van der Waals surface area contributed by atoms with Crippen LogP contribution in [0.4, 0.5) is 0 Å². The largest absolute Gasteiger partial charge is 0.338 e. The fourth-order valence-corrected chi connectivity index (χ4v) is 2.32. The van der Waals surface area contributed by atoms with Crippen LogP contribution in [0.3, 0.4) is 0 Å². The fourth-order valence-electron chi connectivity index (χ4n) is 2.32. The Labute approximate surface area is 114 Å². The summed E-state index contributed by atoms with van der Waals surface area (Å²) in [6.07, 6.45) is 0.680. The molecule has 4 nitrogen and oxygen atoms in total. The van der Waals surface area contributed by atoms with Crippen LogP contribution in [0.1, 0.15) is 38.3 Å². The van der Waals surface area contributed by atoms with Crippen LogP contribution >= 0.6 is 0 Å². The minimum absolute atomic E-state index is 0.0294. The molecule has 0 spiro atoms. The Hall–Kier alpha value is -1.84. The maximum atomic E-state index is 12.4. The maximum Gasteiger partial charge on any atom is 0.257 e. The van der Waals surface area contributed by atoms with Crippen molar-refractivity contribution in [3.63, 3.8) is 0 Å². The van der Waals surface area contributed by atoms with E-state index in [0.29, 0.717) is 12.4 Å². The van der Waals surface area contributed by atoms with Crippen molar-refractivity contribution >= 4 is 11.9 Å². The first-order valence-electron chi connectivity index (χ1n) is 6.72. The first kappa shape index (κ1) is 13.6. The molecule has 1 aliphatic rings. The molecule has 1 fully saturated rings. The average molecular weight is 259 g/mol. The van der Waals surface area contributed by atoms with Gasteiger partial charge in [-0.25, -0.2) is 0 Å². The number of aryl methyl sites for hydroxylation is 1. The van der Waals surface area contributed by atoms with Gasteiger partial charge in [0.15, 0.2) is 5.96 Å². The Balaban J connectivity index is 2.38. The monoisotopic (exact) mass is 259 g/mol. The molecule has 1 unspecified atom stereocenters. The van der Waals surface area contributed by atoms with E-state index >= 15 is 0 Å². The van der Waals surface area contributed by atoms with E-state index < -0.39 is 5.54 Å². The second-order valence-electron chi connectivity index (χ2n) is 5.28. The van der Waals surface area contributed by atoms with Crippen molar-refractivity contribution in [3.8, 4) is 0 Å². The number of carbonyl (C=O) groups is 1. The zero-order chi connectivity index (χ0) is 14.0. The van der Waals surface area contributed by atoms with Crippen LogP contribution in [-0.4, -0.2) is 17.9 Å². The zero-order valence-corrected chi connectivity index (χ0v) is 11.9. The molecular formula is C15H21N3O. The molecule has 0 aliphatic carbocycles. The van der Waals surface area contributed by atoms with Gasteiger partial charge in [0.1, 0.15) is 5.54 Å². The number of rotatable bonds is 3. The molecule has 1 heterocycles. The highest BCUT2D eigenvalue weighted by atomic mass is 16.2. The highest BCUT2D eigenvalue weighted by Gasteiger charge is 2.45. The minimum atomic E-state index is -0.693. The molecule has 1 aliphatic heterocycles. The van der Waals surface area contributed by atoms with Gasteiger partial charge in [-0.3, -0.25) is 15.1 Å². The summed E-state index contributed by atoms with van der Waals surface area (Å²) < 4.78 is 0. The topological polar surface area (TPSA) is 53.5 Å². The first-order chi connectivity index (χ1) is 8.98. The molecule has 1 atom stereocenters. The highest BCUT2D eigenvalue weighted by molar-refractivity contribution is 6.09. The van der Waals surface area contributed by atoms with Crippen LogP contribution in [0.5, 0.6) is 0 Å². The molecule has 0 bridgehead atoms. The molecule has 19 heavy (non-hydrogen) atoms. The fraction of sp³-hybridized carbons (Fsp3) is 0.467. The number of benzene rings is 1. The second kappa shape index (κ2) is 5.03. The Morgan fingerprint density at radius 2 is 1.89 bits per heavy atom. The number of nitrogens with zero attached hydrogens (tertiary/aromatic N) is 1. The lowest BCUT2D eigenvalue weighted by Gasteiger charge is -2.25. The zero-order valence-electron chi connectivity index (χ0n) is 11.9. The van der Waals surface area contributed by atoms with Gasteiger partial charge in [0.25, 0.3) is 5.91 Å². The molecule has 4 heteroatoms.